The van der Waals surface area contributed by atoms with Gasteiger partial charge in [-0.25, -0.2) is 0 Å². The van der Waals surface area contributed by atoms with Crippen molar-refractivity contribution in [1.82, 2.24) is 4.57 Å². The molecule has 0 unspecified atom stereocenters. The molecular formula is C14H12N2O5. The summed E-state index contributed by atoms with van der Waals surface area (Å²) in [5.74, 6) is -0.638. The Morgan fingerprint density at radius 1 is 1.19 bits per heavy atom. The first-order valence-electron chi connectivity index (χ1n) is 6.10. The summed E-state index contributed by atoms with van der Waals surface area (Å²) in [7, 11) is 0. The molecule has 0 radical (unpaired) electrons. The zero-order chi connectivity index (χ0) is 15.2. The average Bonchev–Trinajstić information content (AvgIpc) is 2.48. The molecule has 0 bridgehead atoms. The lowest BCUT2D eigenvalue weighted by atomic mass is 10.2. The van der Waals surface area contributed by atoms with Gasteiger partial charge in [0.25, 0.3) is 11.2 Å². The Labute approximate surface area is 119 Å². The summed E-state index contributed by atoms with van der Waals surface area (Å²) in [5, 5.41) is 10.6. The number of nitrogens with zero attached hydrogens (tertiary/aromatic N) is 2. The fourth-order valence-electron chi connectivity index (χ4n) is 1.67. The summed E-state index contributed by atoms with van der Waals surface area (Å²) in [4.78, 5) is 33.2. The number of hydrogen-bond donors (Lipinski definition) is 0. The lowest BCUT2D eigenvalue weighted by Gasteiger charge is -2.06. The van der Waals surface area contributed by atoms with Crippen molar-refractivity contribution in [2.24, 2.45) is 0 Å². The van der Waals surface area contributed by atoms with Crippen molar-refractivity contribution in [2.75, 3.05) is 0 Å². The van der Waals surface area contributed by atoms with Crippen molar-refractivity contribution in [3.8, 4) is 0 Å². The van der Waals surface area contributed by atoms with Crippen LogP contribution in [0.3, 0.4) is 0 Å². The Balaban J connectivity index is 2.01. The Morgan fingerprint density at radius 3 is 2.57 bits per heavy atom. The molecule has 0 saturated carbocycles. The van der Waals surface area contributed by atoms with Gasteiger partial charge in [-0.05, 0) is 5.56 Å². The van der Waals surface area contributed by atoms with Crippen LogP contribution in [0, 0.1) is 10.1 Å². The normalized spacial score (nSPS) is 10.1. The number of carbonyl (C=O) groups is 1. The lowest BCUT2D eigenvalue weighted by Crippen LogP contribution is -2.24. The van der Waals surface area contributed by atoms with Gasteiger partial charge in [0.2, 0.25) is 0 Å². The fraction of sp³-hybridized carbons (Fsp3) is 0.143. The van der Waals surface area contributed by atoms with Crippen LogP contribution in [0.5, 0.6) is 0 Å². The van der Waals surface area contributed by atoms with Gasteiger partial charge in [0, 0.05) is 12.1 Å². The van der Waals surface area contributed by atoms with E-state index < -0.39 is 16.5 Å². The molecule has 0 spiro atoms. The third-order valence-corrected chi connectivity index (χ3v) is 2.72. The van der Waals surface area contributed by atoms with Crippen LogP contribution in [0.4, 0.5) is 5.69 Å². The highest BCUT2D eigenvalue weighted by molar-refractivity contribution is 5.69. The fourth-order valence-corrected chi connectivity index (χ4v) is 1.67. The number of hydrogen-bond acceptors (Lipinski definition) is 5. The molecule has 108 valence electrons. The summed E-state index contributed by atoms with van der Waals surface area (Å²) >= 11 is 0. The summed E-state index contributed by atoms with van der Waals surface area (Å²) in [5.41, 5.74) is 0.0555. The molecule has 1 heterocycles. The quantitative estimate of drug-likeness (QED) is 0.472. The number of nitro groups is 1. The number of carbonyl (C=O) groups excluding carboxylic acids is 1. The second kappa shape index (κ2) is 6.47. The number of ether oxygens (including phenoxy) is 1. The number of benzene rings is 1. The van der Waals surface area contributed by atoms with Crippen LogP contribution in [0.25, 0.3) is 0 Å². The minimum Gasteiger partial charge on any atom is -0.459 e. The number of pyridine rings is 1. The van der Waals surface area contributed by atoms with E-state index in [-0.39, 0.29) is 18.8 Å². The van der Waals surface area contributed by atoms with Crippen molar-refractivity contribution in [1.29, 1.82) is 0 Å². The van der Waals surface area contributed by atoms with E-state index in [2.05, 4.69) is 0 Å². The van der Waals surface area contributed by atoms with Crippen LogP contribution >= 0.6 is 0 Å². The van der Waals surface area contributed by atoms with E-state index in [1.54, 1.807) is 12.1 Å². The van der Waals surface area contributed by atoms with E-state index in [1.807, 2.05) is 18.2 Å². The van der Waals surface area contributed by atoms with Crippen LogP contribution in [0.1, 0.15) is 5.56 Å². The summed E-state index contributed by atoms with van der Waals surface area (Å²) in [6.07, 6.45) is 1.02. The molecule has 2 rings (SSSR count). The van der Waals surface area contributed by atoms with Crippen molar-refractivity contribution >= 4 is 11.7 Å². The van der Waals surface area contributed by atoms with Gasteiger partial charge in [0.1, 0.15) is 13.2 Å². The van der Waals surface area contributed by atoms with Crippen molar-refractivity contribution in [3.05, 3.63) is 74.7 Å². The van der Waals surface area contributed by atoms with E-state index >= 15 is 0 Å². The van der Waals surface area contributed by atoms with Crippen LogP contribution in [-0.4, -0.2) is 15.5 Å². The van der Waals surface area contributed by atoms with Crippen molar-refractivity contribution < 1.29 is 14.5 Å². The van der Waals surface area contributed by atoms with E-state index in [9.17, 15) is 19.7 Å². The average molecular weight is 288 g/mol. The lowest BCUT2D eigenvalue weighted by molar-refractivity contribution is -0.385. The highest BCUT2D eigenvalue weighted by Crippen LogP contribution is 2.07. The second-order valence-corrected chi connectivity index (χ2v) is 4.26. The standard InChI is InChI=1S/C14H12N2O5/c17-13-7-6-12(16(19)20)8-15(13)9-14(18)21-10-11-4-2-1-3-5-11/h1-8H,9-10H2. The van der Waals surface area contributed by atoms with Gasteiger partial charge >= 0.3 is 5.97 Å². The Kier molecular flexibility index (Phi) is 4.45. The topological polar surface area (TPSA) is 91.4 Å². The molecule has 1 aromatic heterocycles. The van der Waals surface area contributed by atoms with Crippen LogP contribution < -0.4 is 5.56 Å². The maximum atomic E-state index is 11.7. The van der Waals surface area contributed by atoms with Gasteiger partial charge in [-0.3, -0.25) is 24.3 Å². The maximum Gasteiger partial charge on any atom is 0.326 e. The molecule has 0 saturated heterocycles. The molecule has 0 aliphatic heterocycles. The minimum absolute atomic E-state index is 0.0867. The molecule has 0 amide bonds. The van der Waals surface area contributed by atoms with Gasteiger partial charge in [-0.1, -0.05) is 30.3 Å². The minimum atomic E-state index is -0.638. The zero-order valence-electron chi connectivity index (χ0n) is 11.0. The molecule has 0 aliphatic carbocycles. The molecular weight excluding hydrogens is 276 g/mol. The molecule has 0 atom stereocenters. The molecule has 7 nitrogen and oxygen atoms in total. The summed E-state index contributed by atoms with van der Waals surface area (Å²) < 4.78 is 5.97. The first kappa shape index (κ1) is 14.4. The Morgan fingerprint density at radius 2 is 1.90 bits per heavy atom. The molecule has 0 aliphatic rings. The predicted molar refractivity (Wildman–Crippen MR) is 73.6 cm³/mol. The largest absolute Gasteiger partial charge is 0.459 e. The Hall–Kier alpha value is -2.96. The number of aromatic nitrogens is 1. The van der Waals surface area contributed by atoms with Crippen LogP contribution in [-0.2, 0) is 22.7 Å². The van der Waals surface area contributed by atoms with E-state index in [4.69, 9.17) is 4.74 Å². The monoisotopic (exact) mass is 288 g/mol. The third kappa shape index (κ3) is 4.00. The molecule has 21 heavy (non-hydrogen) atoms. The highest BCUT2D eigenvalue weighted by Gasteiger charge is 2.11. The first-order valence-corrected chi connectivity index (χ1v) is 6.10. The molecule has 7 heteroatoms. The molecule has 1 aromatic carbocycles. The zero-order valence-corrected chi connectivity index (χ0v) is 11.0. The molecule has 0 fully saturated rings. The third-order valence-electron chi connectivity index (χ3n) is 2.72. The van der Waals surface area contributed by atoms with Gasteiger partial charge in [-0.15, -0.1) is 0 Å². The van der Waals surface area contributed by atoms with E-state index in [0.717, 1.165) is 28.5 Å². The Bertz CT molecular complexity index is 709. The maximum absolute atomic E-state index is 11.7. The van der Waals surface area contributed by atoms with Crippen molar-refractivity contribution in [2.45, 2.75) is 13.2 Å². The van der Waals surface area contributed by atoms with Crippen LogP contribution in [0.2, 0.25) is 0 Å². The first-order chi connectivity index (χ1) is 10.1. The van der Waals surface area contributed by atoms with Gasteiger partial charge in [0.05, 0.1) is 11.1 Å². The number of rotatable bonds is 5. The van der Waals surface area contributed by atoms with Gasteiger partial charge in [0.15, 0.2) is 0 Å². The smallest absolute Gasteiger partial charge is 0.326 e. The van der Waals surface area contributed by atoms with Gasteiger partial charge in [-0.2, -0.15) is 0 Å². The predicted octanol–water partition coefficient (Wildman–Crippen LogP) is 1.50. The van der Waals surface area contributed by atoms with Crippen molar-refractivity contribution in [3.63, 3.8) is 0 Å². The summed E-state index contributed by atoms with van der Waals surface area (Å²) in [6, 6.07) is 11.2. The number of esters is 1. The van der Waals surface area contributed by atoms with Crippen LogP contribution in [0.15, 0.2) is 53.5 Å². The SMILES string of the molecule is O=C(Cn1cc([N+](=O)[O-])ccc1=O)OCc1ccccc1. The molecule has 0 N–H and O–H groups in total. The van der Waals surface area contributed by atoms with E-state index in [1.165, 1.54) is 0 Å². The second-order valence-electron chi connectivity index (χ2n) is 4.26. The highest BCUT2D eigenvalue weighted by atomic mass is 16.6. The summed E-state index contributed by atoms with van der Waals surface area (Å²) in [6.45, 7) is -0.281. The van der Waals surface area contributed by atoms with Gasteiger partial charge < -0.3 is 4.74 Å². The molecule has 2 aromatic rings. The van der Waals surface area contributed by atoms with E-state index in [0.29, 0.717) is 0 Å².